The van der Waals surface area contributed by atoms with Crippen molar-refractivity contribution in [3.8, 4) is 11.8 Å². The molecule has 0 aliphatic carbocycles. The van der Waals surface area contributed by atoms with E-state index in [1.165, 1.54) is 0 Å². The second-order valence-corrected chi connectivity index (χ2v) is 2.93. The Labute approximate surface area is 87.9 Å². The largest absolute Gasteiger partial charge is 0.383 e. The Hall–Kier alpha value is -2.18. The molecule has 0 saturated carbocycles. The zero-order chi connectivity index (χ0) is 11.1. The van der Waals surface area contributed by atoms with Gasteiger partial charge in [0.25, 0.3) is 0 Å². The Morgan fingerprint density at radius 1 is 1.67 bits per heavy atom. The van der Waals surface area contributed by atoms with Crippen LogP contribution in [0.1, 0.15) is 17.5 Å². The number of pyridine rings is 1. The predicted octanol–water partition coefficient (Wildman–Crippen LogP) is 2.02. The average Bonchev–Trinajstić information content (AvgIpc) is 2.23. The molecule has 0 bridgehead atoms. The molecule has 0 aromatic carbocycles. The number of nitrogens with zero attached hydrogens (tertiary/aromatic N) is 4. The molecule has 1 aromatic heterocycles. The number of azide groups is 1. The number of anilines is 1. The molecule has 1 heterocycles. The van der Waals surface area contributed by atoms with Crippen LogP contribution in [-0.2, 0) is 0 Å². The number of aromatic nitrogens is 1. The number of hydrogen-bond acceptors (Lipinski definition) is 3. The predicted molar refractivity (Wildman–Crippen MR) is 58.9 cm³/mol. The Morgan fingerprint density at radius 3 is 3.13 bits per heavy atom. The van der Waals surface area contributed by atoms with Gasteiger partial charge in [-0.25, -0.2) is 4.98 Å². The van der Waals surface area contributed by atoms with Crippen molar-refractivity contribution < 1.29 is 0 Å². The van der Waals surface area contributed by atoms with Gasteiger partial charge in [0.2, 0.25) is 0 Å². The molecule has 0 unspecified atom stereocenters. The van der Waals surface area contributed by atoms with Crippen LogP contribution >= 0.6 is 0 Å². The standard InChI is InChI=1S/C10H11N5/c1-8-6-9(7-13-10(8)11)4-2-3-5-14-15-12/h6-7H,3,5H2,1H3,(H2,11,13). The Kier molecular flexibility index (Phi) is 4.02. The van der Waals surface area contributed by atoms with Gasteiger partial charge in [0.1, 0.15) is 5.82 Å². The third-order valence-electron chi connectivity index (χ3n) is 1.75. The summed E-state index contributed by atoms with van der Waals surface area (Å²) in [6.45, 7) is 2.28. The zero-order valence-corrected chi connectivity index (χ0v) is 8.44. The quantitative estimate of drug-likeness (QED) is 0.261. The van der Waals surface area contributed by atoms with E-state index in [0.717, 1.165) is 11.1 Å². The first kappa shape index (κ1) is 10.9. The maximum Gasteiger partial charge on any atom is 0.126 e. The smallest absolute Gasteiger partial charge is 0.126 e. The third kappa shape index (κ3) is 3.59. The summed E-state index contributed by atoms with van der Waals surface area (Å²) in [5.41, 5.74) is 15.3. The molecule has 0 aliphatic rings. The highest BCUT2D eigenvalue weighted by Gasteiger charge is 1.94. The van der Waals surface area contributed by atoms with Gasteiger partial charge < -0.3 is 5.73 Å². The number of rotatable bonds is 2. The van der Waals surface area contributed by atoms with Crippen molar-refractivity contribution in [2.45, 2.75) is 13.3 Å². The van der Waals surface area contributed by atoms with E-state index in [2.05, 4.69) is 26.9 Å². The number of aryl methyl sites for hydroxylation is 1. The van der Waals surface area contributed by atoms with Crippen molar-refractivity contribution in [3.63, 3.8) is 0 Å². The first-order chi connectivity index (χ1) is 7.24. The van der Waals surface area contributed by atoms with Gasteiger partial charge in [0, 0.05) is 29.6 Å². The van der Waals surface area contributed by atoms with Gasteiger partial charge in [-0.1, -0.05) is 17.0 Å². The summed E-state index contributed by atoms with van der Waals surface area (Å²) in [6, 6.07) is 1.88. The maximum atomic E-state index is 8.04. The summed E-state index contributed by atoms with van der Waals surface area (Å²) in [4.78, 5) is 6.62. The molecule has 5 heteroatoms. The molecular formula is C10H11N5. The van der Waals surface area contributed by atoms with Crippen molar-refractivity contribution in [3.05, 3.63) is 33.8 Å². The van der Waals surface area contributed by atoms with Crippen LogP contribution in [0.15, 0.2) is 17.4 Å². The van der Waals surface area contributed by atoms with Crippen LogP contribution in [0.25, 0.3) is 10.4 Å². The second-order valence-electron chi connectivity index (χ2n) is 2.93. The van der Waals surface area contributed by atoms with Gasteiger partial charge in [-0.05, 0) is 24.1 Å². The highest BCUT2D eigenvalue weighted by atomic mass is 15.1. The summed E-state index contributed by atoms with van der Waals surface area (Å²) in [5.74, 6) is 6.33. The molecule has 0 saturated heterocycles. The average molecular weight is 201 g/mol. The summed E-state index contributed by atoms with van der Waals surface area (Å²) < 4.78 is 0. The third-order valence-corrected chi connectivity index (χ3v) is 1.75. The van der Waals surface area contributed by atoms with Crippen molar-refractivity contribution in [2.24, 2.45) is 5.11 Å². The van der Waals surface area contributed by atoms with Gasteiger partial charge in [-0.2, -0.15) is 0 Å². The van der Waals surface area contributed by atoms with Gasteiger partial charge in [-0.15, -0.1) is 0 Å². The van der Waals surface area contributed by atoms with Gasteiger partial charge >= 0.3 is 0 Å². The van der Waals surface area contributed by atoms with Crippen molar-refractivity contribution in [1.82, 2.24) is 4.98 Å². The SMILES string of the molecule is Cc1cc(C#CCCN=[N+]=[N-])cnc1N. The lowest BCUT2D eigenvalue weighted by Crippen LogP contribution is -1.93. The van der Waals surface area contributed by atoms with E-state index < -0.39 is 0 Å². The van der Waals surface area contributed by atoms with E-state index in [1.807, 2.05) is 13.0 Å². The van der Waals surface area contributed by atoms with Gasteiger partial charge in [0.05, 0.1) is 0 Å². The van der Waals surface area contributed by atoms with Crippen LogP contribution in [0.4, 0.5) is 5.82 Å². The Bertz CT molecular complexity index is 449. The van der Waals surface area contributed by atoms with Gasteiger partial charge in [0.15, 0.2) is 0 Å². The highest BCUT2D eigenvalue weighted by Crippen LogP contribution is 2.07. The molecule has 0 amide bonds. The normalized spacial score (nSPS) is 8.60. The van der Waals surface area contributed by atoms with Crippen molar-refractivity contribution in [2.75, 3.05) is 12.3 Å². The molecule has 2 N–H and O–H groups in total. The summed E-state index contributed by atoms with van der Waals surface area (Å²) >= 11 is 0. The lowest BCUT2D eigenvalue weighted by atomic mass is 10.2. The molecular weight excluding hydrogens is 190 g/mol. The fraction of sp³-hybridized carbons (Fsp3) is 0.300. The van der Waals surface area contributed by atoms with Crippen LogP contribution in [0.5, 0.6) is 0 Å². The van der Waals surface area contributed by atoms with E-state index in [-0.39, 0.29) is 0 Å². The Balaban J connectivity index is 2.64. The van der Waals surface area contributed by atoms with E-state index in [0.29, 0.717) is 18.8 Å². The van der Waals surface area contributed by atoms with Crippen LogP contribution in [0.3, 0.4) is 0 Å². The number of nitrogens with two attached hydrogens (primary N) is 1. The molecule has 0 atom stereocenters. The lowest BCUT2D eigenvalue weighted by Gasteiger charge is -1.97. The zero-order valence-electron chi connectivity index (χ0n) is 8.44. The molecule has 1 aromatic rings. The van der Waals surface area contributed by atoms with E-state index in [4.69, 9.17) is 11.3 Å². The number of nitrogen functional groups attached to an aromatic ring is 1. The van der Waals surface area contributed by atoms with Crippen molar-refractivity contribution >= 4 is 5.82 Å². The van der Waals surface area contributed by atoms with Crippen molar-refractivity contribution in [1.29, 1.82) is 0 Å². The molecule has 15 heavy (non-hydrogen) atoms. The fourth-order valence-corrected chi connectivity index (χ4v) is 0.969. The molecule has 0 aliphatic heterocycles. The lowest BCUT2D eigenvalue weighted by molar-refractivity contribution is 1.01. The summed E-state index contributed by atoms with van der Waals surface area (Å²) in [5, 5.41) is 3.38. The minimum Gasteiger partial charge on any atom is -0.383 e. The topological polar surface area (TPSA) is 87.7 Å². The maximum absolute atomic E-state index is 8.04. The molecule has 0 radical (unpaired) electrons. The molecule has 0 fully saturated rings. The summed E-state index contributed by atoms with van der Waals surface area (Å²) in [6.07, 6.45) is 2.18. The van der Waals surface area contributed by atoms with Crippen LogP contribution < -0.4 is 5.73 Å². The van der Waals surface area contributed by atoms with Gasteiger partial charge in [-0.3, -0.25) is 0 Å². The fourth-order valence-electron chi connectivity index (χ4n) is 0.969. The monoisotopic (exact) mass is 201 g/mol. The molecule has 0 spiro atoms. The highest BCUT2D eigenvalue weighted by molar-refractivity contribution is 5.44. The minimum atomic E-state index is 0.394. The Morgan fingerprint density at radius 2 is 2.47 bits per heavy atom. The summed E-state index contributed by atoms with van der Waals surface area (Å²) in [7, 11) is 0. The first-order valence-electron chi connectivity index (χ1n) is 4.46. The number of hydrogen-bond donors (Lipinski definition) is 1. The van der Waals surface area contributed by atoms with Crippen LogP contribution in [0.2, 0.25) is 0 Å². The van der Waals surface area contributed by atoms with E-state index in [9.17, 15) is 0 Å². The minimum absolute atomic E-state index is 0.394. The molecule has 76 valence electrons. The van der Waals surface area contributed by atoms with E-state index >= 15 is 0 Å². The molecule has 5 nitrogen and oxygen atoms in total. The first-order valence-corrected chi connectivity index (χ1v) is 4.46. The second kappa shape index (κ2) is 5.53. The van der Waals surface area contributed by atoms with E-state index in [1.54, 1.807) is 6.20 Å². The van der Waals surface area contributed by atoms with Crippen LogP contribution in [0, 0.1) is 18.8 Å². The molecule has 1 rings (SSSR count). The van der Waals surface area contributed by atoms with Crippen LogP contribution in [-0.4, -0.2) is 11.5 Å².